The number of hydrogen-bond acceptors (Lipinski definition) is 8. The maximum Gasteiger partial charge on any atom is 0.319 e. The number of fused-ring (bicyclic) bond motifs is 7. The smallest absolute Gasteiger partial charge is 0.319 e. The van der Waals surface area contributed by atoms with E-state index in [0.717, 1.165) is 59.2 Å². The predicted octanol–water partition coefficient (Wildman–Crippen LogP) is 6.02. The number of phenols is 1. The van der Waals surface area contributed by atoms with Crippen LogP contribution >= 0.6 is 22.6 Å². The molecule has 2 aromatic heterocycles. The Hall–Kier alpha value is -2.83. The Kier molecular flexibility index (Phi) is 6.46. The van der Waals surface area contributed by atoms with Crippen LogP contribution in [0.5, 0.6) is 11.8 Å². The van der Waals surface area contributed by atoms with Crippen LogP contribution in [0, 0.1) is 15.3 Å². The molecule has 10 heteroatoms. The molecule has 4 saturated heterocycles. The molecular formula is C34H36FIN6O2. The lowest BCUT2D eigenvalue weighted by atomic mass is 9.90. The van der Waals surface area contributed by atoms with Crippen LogP contribution in [0.1, 0.15) is 51.4 Å². The molecule has 8 nitrogen and oxygen atoms in total. The Morgan fingerprint density at radius 1 is 1.09 bits per heavy atom. The van der Waals surface area contributed by atoms with Crippen LogP contribution in [0.3, 0.4) is 0 Å². The van der Waals surface area contributed by atoms with E-state index >= 15 is 4.39 Å². The Morgan fingerprint density at radius 3 is 2.82 bits per heavy atom. The summed E-state index contributed by atoms with van der Waals surface area (Å²) in [5.74, 6) is 1.01. The molecule has 1 aliphatic carbocycles. The Balaban J connectivity index is 1.16. The summed E-state index contributed by atoms with van der Waals surface area (Å²) in [7, 11) is 0. The average molecular weight is 707 g/mol. The fraction of sp³-hybridized carbons (Fsp3) is 0.500. The molecule has 44 heavy (non-hydrogen) atoms. The number of benzene rings is 2. The summed E-state index contributed by atoms with van der Waals surface area (Å²) in [6.07, 6.45) is 11.4. The van der Waals surface area contributed by atoms with Crippen LogP contribution in [-0.2, 0) is 0 Å². The number of aromatic hydroxyl groups is 1. The summed E-state index contributed by atoms with van der Waals surface area (Å²) in [5, 5.41) is 16.5. The highest BCUT2D eigenvalue weighted by Crippen LogP contribution is 2.51. The molecule has 2 bridgehead atoms. The molecule has 2 unspecified atom stereocenters. The summed E-state index contributed by atoms with van der Waals surface area (Å²) in [6.45, 7) is 3.29. The molecule has 1 saturated carbocycles. The first kappa shape index (κ1) is 27.5. The highest BCUT2D eigenvalue weighted by molar-refractivity contribution is 14.1. The van der Waals surface area contributed by atoms with Crippen LogP contribution < -0.4 is 15.0 Å². The maximum atomic E-state index is 16.8. The van der Waals surface area contributed by atoms with Crippen LogP contribution in [-0.4, -0.2) is 74.9 Å². The van der Waals surface area contributed by atoms with Gasteiger partial charge < -0.3 is 20.1 Å². The zero-order valence-electron chi connectivity index (χ0n) is 24.6. The second kappa shape index (κ2) is 10.3. The molecule has 5 atom stereocenters. The standard InChI is InChI=1S/C34H36FIN6O2/c35-29-30(24-13-23(43)12-19-4-1-6-26(36)28(19)24)37-15-25-31(29)39-33(40-32(25)41-16-21-8-9-22(17-41)38-21)44-18-34-10-3-11-42(34)27-7-2-5-20(27)14-34/h1,4,6,12-13,15,20-22,27,38,43H,2-3,5,7-11,14,16-18H2/t20-,21?,22?,27-,34-/m0/s1. The fourth-order valence-corrected chi connectivity index (χ4v) is 10.1. The number of phenolic OH excluding ortho intramolecular Hbond substituents is 1. The number of nitrogens with zero attached hydrogens (tertiary/aromatic N) is 5. The Bertz CT molecular complexity index is 1790. The van der Waals surface area contributed by atoms with Crippen molar-refractivity contribution in [2.45, 2.75) is 75.0 Å². The van der Waals surface area contributed by atoms with Crippen molar-refractivity contribution in [1.82, 2.24) is 25.2 Å². The molecule has 0 radical (unpaired) electrons. The summed E-state index contributed by atoms with van der Waals surface area (Å²) < 4.78 is 24.3. The molecular weight excluding hydrogens is 670 g/mol. The normalized spacial score (nSPS) is 29.5. The second-order valence-corrected chi connectivity index (χ2v) is 14.8. The lowest BCUT2D eigenvalue weighted by Crippen LogP contribution is -2.51. The number of rotatable bonds is 5. The minimum absolute atomic E-state index is 0.0293. The van der Waals surface area contributed by atoms with Gasteiger partial charge in [-0.3, -0.25) is 9.88 Å². The van der Waals surface area contributed by atoms with Crippen molar-refractivity contribution in [2.75, 3.05) is 31.1 Å². The first-order valence-corrected chi connectivity index (χ1v) is 17.2. The largest absolute Gasteiger partial charge is 0.508 e. The molecule has 4 aliphatic heterocycles. The molecule has 0 spiro atoms. The van der Waals surface area contributed by atoms with Gasteiger partial charge in [0.25, 0.3) is 0 Å². The minimum Gasteiger partial charge on any atom is -0.508 e. The molecule has 5 fully saturated rings. The van der Waals surface area contributed by atoms with E-state index in [2.05, 4.69) is 42.7 Å². The molecule has 5 aliphatic rings. The zero-order chi connectivity index (χ0) is 29.6. The third kappa shape index (κ3) is 4.30. The third-order valence-corrected chi connectivity index (χ3v) is 12.0. The number of anilines is 1. The molecule has 2 aromatic carbocycles. The lowest BCUT2D eigenvalue weighted by Gasteiger charge is -2.35. The Morgan fingerprint density at radius 2 is 1.95 bits per heavy atom. The van der Waals surface area contributed by atoms with Gasteiger partial charge in [-0.15, -0.1) is 0 Å². The summed E-state index contributed by atoms with van der Waals surface area (Å²) in [5.41, 5.74) is 0.960. The monoisotopic (exact) mass is 706 g/mol. The molecule has 228 valence electrons. The highest BCUT2D eigenvalue weighted by Gasteiger charge is 2.55. The molecule has 2 N–H and O–H groups in total. The van der Waals surface area contributed by atoms with E-state index < -0.39 is 5.82 Å². The van der Waals surface area contributed by atoms with Gasteiger partial charge in [-0.05, 0) is 104 Å². The van der Waals surface area contributed by atoms with Crippen molar-refractivity contribution < 1.29 is 14.2 Å². The van der Waals surface area contributed by atoms with Crippen LogP contribution in [0.25, 0.3) is 32.9 Å². The van der Waals surface area contributed by atoms with Gasteiger partial charge in [-0.2, -0.15) is 9.97 Å². The van der Waals surface area contributed by atoms with Crippen molar-refractivity contribution in [3.8, 4) is 23.0 Å². The third-order valence-electron chi connectivity index (χ3n) is 11.1. The number of aromatic nitrogens is 3. The van der Waals surface area contributed by atoms with Crippen molar-refractivity contribution in [3.05, 3.63) is 45.9 Å². The van der Waals surface area contributed by atoms with Gasteiger partial charge in [0.05, 0.1) is 10.9 Å². The van der Waals surface area contributed by atoms with Gasteiger partial charge in [0.15, 0.2) is 5.82 Å². The highest BCUT2D eigenvalue weighted by atomic mass is 127. The zero-order valence-corrected chi connectivity index (χ0v) is 26.8. The van der Waals surface area contributed by atoms with E-state index in [-0.39, 0.29) is 28.5 Å². The number of ether oxygens (including phenoxy) is 1. The van der Waals surface area contributed by atoms with E-state index in [1.54, 1.807) is 18.3 Å². The predicted molar refractivity (Wildman–Crippen MR) is 177 cm³/mol. The van der Waals surface area contributed by atoms with Gasteiger partial charge in [0.2, 0.25) is 0 Å². The van der Waals surface area contributed by atoms with E-state index in [0.29, 0.717) is 41.5 Å². The summed E-state index contributed by atoms with van der Waals surface area (Å²) in [4.78, 5) is 19.4. The van der Waals surface area contributed by atoms with E-state index in [1.807, 2.05) is 18.2 Å². The fourth-order valence-electron chi connectivity index (χ4n) is 9.30. The van der Waals surface area contributed by atoms with Crippen LogP contribution in [0.2, 0.25) is 0 Å². The average Bonchev–Trinajstić information content (AvgIpc) is 3.77. The SMILES string of the molecule is Oc1cc(-c2ncc3c(N4CC5CCC(C4)N5)nc(OC[C@@]45CCCN4[C@H]4CCC[C@H]4C5)nc3c2F)c2c(I)cccc2c1. The summed E-state index contributed by atoms with van der Waals surface area (Å²) in [6, 6.07) is 10.8. The van der Waals surface area contributed by atoms with E-state index in [1.165, 1.54) is 32.1 Å². The first-order chi connectivity index (χ1) is 21.5. The number of hydrogen-bond donors (Lipinski definition) is 2. The maximum absolute atomic E-state index is 16.8. The van der Waals surface area contributed by atoms with E-state index in [9.17, 15) is 5.11 Å². The minimum atomic E-state index is -0.517. The molecule has 0 amide bonds. The van der Waals surface area contributed by atoms with Gasteiger partial charge >= 0.3 is 6.01 Å². The quantitative estimate of drug-likeness (QED) is 0.244. The van der Waals surface area contributed by atoms with Crippen molar-refractivity contribution in [3.63, 3.8) is 0 Å². The molecule has 9 rings (SSSR count). The number of nitrogens with one attached hydrogen (secondary N) is 1. The Labute approximate surface area is 269 Å². The van der Waals surface area contributed by atoms with Gasteiger partial charge in [0.1, 0.15) is 29.4 Å². The van der Waals surface area contributed by atoms with Crippen molar-refractivity contribution >= 4 is 50.1 Å². The van der Waals surface area contributed by atoms with Gasteiger partial charge in [-0.25, -0.2) is 4.39 Å². The van der Waals surface area contributed by atoms with Crippen LogP contribution in [0.15, 0.2) is 36.5 Å². The van der Waals surface area contributed by atoms with Gasteiger partial charge in [-0.1, -0.05) is 18.6 Å². The van der Waals surface area contributed by atoms with Gasteiger partial charge in [0, 0.05) is 51.9 Å². The lowest BCUT2D eigenvalue weighted by molar-refractivity contribution is 0.0832. The van der Waals surface area contributed by atoms with Crippen molar-refractivity contribution in [2.24, 2.45) is 5.92 Å². The number of piperazine rings is 1. The topological polar surface area (TPSA) is 86.6 Å². The second-order valence-electron chi connectivity index (χ2n) is 13.7. The number of halogens is 2. The number of pyridine rings is 1. The van der Waals surface area contributed by atoms with Crippen LogP contribution in [0.4, 0.5) is 10.2 Å². The molecule has 6 heterocycles. The van der Waals surface area contributed by atoms with Crippen molar-refractivity contribution in [1.29, 1.82) is 0 Å². The summed E-state index contributed by atoms with van der Waals surface area (Å²) >= 11 is 2.26. The molecule has 4 aromatic rings. The first-order valence-electron chi connectivity index (χ1n) is 16.1. The van der Waals surface area contributed by atoms with E-state index in [4.69, 9.17) is 14.7 Å².